The lowest BCUT2D eigenvalue weighted by atomic mass is 10.0. The minimum atomic E-state index is 0.314. The summed E-state index contributed by atoms with van der Waals surface area (Å²) in [6, 6.07) is 4.49. The molecule has 0 fully saturated rings. The lowest BCUT2D eigenvalue weighted by Gasteiger charge is -2.17. The molecule has 80 valence electrons. The Hall–Kier alpha value is -1.33. The van der Waals surface area contributed by atoms with E-state index < -0.39 is 0 Å². The minimum absolute atomic E-state index is 0.314. The van der Waals surface area contributed by atoms with Gasteiger partial charge in [-0.25, -0.2) is 0 Å². The third kappa shape index (κ3) is 3.07. The fourth-order valence-corrected chi connectivity index (χ4v) is 1.75. The first kappa shape index (κ1) is 11.7. The molecule has 1 N–H and O–H groups in total. The number of aromatic nitrogens is 1. The fourth-order valence-electron chi connectivity index (χ4n) is 1.75. The van der Waals surface area contributed by atoms with Crippen molar-refractivity contribution in [1.82, 2.24) is 10.3 Å². The lowest BCUT2D eigenvalue weighted by Crippen LogP contribution is -2.17. The Balaban J connectivity index is 2.87. The van der Waals surface area contributed by atoms with Crippen LogP contribution in [0.1, 0.15) is 35.8 Å². The van der Waals surface area contributed by atoms with E-state index in [0.717, 1.165) is 24.2 Å². The van der Waals surface area contributed by atoms with Crippen LogP contribution >= 0.6 is 0 Å². The fraction of sp³-hybridized carbons (Fsp3) is 0.462. The Bertz CT molecular complexity index is 363. The Labute approximate surface area is 92.1 Å². The zero-order chi connectivity index (χ0) is 11.3. The minimum Gasteiger partial charge on any atom is -0.313 e. The van der Waals surface area contributed by atoms with Crippen LogP contribution in [-0.4, -0.2) is 12.0 Å². The van der Waals surface area contributed by atoms with Crippen LogP contribution in [0.3, 0.4) is 0 Å². The van der Waals surface area contributed by atoms with E-state index in [2.05, 4.69) is 22.3 Å². The standard InChI is InChI=1S/C13H18N2/c1-5-6-7-13(14-4)12-9-8-10(2)15-11(12)3/h1,8-9,13-14H,6-7H2,2-4H3. The van der Waals surface area contributed by atoms with E-state index in [4.69, 9.17) is 6.42 Å². The smallest absolute Gasteiger partial charge is 0.0423 e. The molecule has 0 spiro atoms. The maximum Gasteiger partial charge on any atom is 0.0423 e. The molecule has 0 saturated carbocycles. The second kappa shape index (κ2) is 5.53. The first-order chi connectivity index (χ1) is 7.19. The normalized spacial score (nSPS) is 12.1. The summed E-state index contributed by atoms with van der Waals surface area (Å²) < 4.78 is 0. The molecular weight excluding hydrogens is 184 g/mol. The van der Waals surface area contributed by atoms with Crippen molar-refractivity contribution < 1.29 is 0 Å². The van der Waals surface area contributed by atoms with E-state index in [1.165, 1.54) is 5.56 Å². The third-order valence-corrected chi connectivity index (χ3v) is 2.57. The zero-order valence-corrected chi connectivity index (χ0v) is 9.67. The van der Waals surface area contributed by atoms with Gasteiger partial charge in [0, 0.05) is 23.9 Å². The van der Waals surface area contributed by atoms with Crippen molar-refractivity contribution in [2.24, 2.45) is 0 Å². The summed E-state index contributed by atoms with van der Waals surface area (Å²) in [6.45, 7) is 4.05. The van der Waals surface area contributed by atoms with Gasteiger partial charge in [0.25, 0.3) is 0 Å². The average Bonchev–Trinajstić information content (AvgIpc) is 2.21. The van der Waals surface area contributed by atoms with Crippen molar-refractivity contribution >= 4 is 0 Å². The van der Waals surface area contributed by atoms with Crippen molar-refractivity contribution in [3.63, 3.8) is 0 Å². The van der Waals surface area contributed by atoms with Gasteiger partial charge in [0.05, 0.1) is 0 Å². The summed E-state index contributed by atoms with van der Waals surface area (Å²) in [5.74, 6) is 2.67. The number of nitrogens with one attached hydrogen (secondary N) is 1. The molecular formula is C13H18N2. The molecule has 0 saturated heterocycles. The summed E-state index contributed by atoms with van der Waals surface area (Å²) >= 11 is 0. The average molecular weight is 202 g/mol. The molecule has 0 aliphatic carbocycles. The van der Waals surface area contributed by atoms with Gasteiger partial charge < -0.3 is 5.32 Å². The molecule has 0 amide bonds. The molecule has 0 bridgehead atoms. The molecule has 1 heterocycles. The zero-order valence-electron chi connectivity index (χ0n) is 9.67. The number of rotatable bonds is 4. The van der Waals surface area contributed by atoms with Crippen LogP contribution < -0.4 is 5.32 Å². The van der Waals surface area contributed by atoms with Gasteiger partial charge in [0.15, 0.2) is 0 Å². The molecule has 1 aromatic rings. The highest BCUT2D eigenvalue weighted by molar-refractivity contribution is 5.25. The molecule has 0 aromatic carbocycles. The number of pyridine rings is 1. The third-order valence-electron chi connectivity index (χ3n) is 2.57. The summed E-state index contributed by atoms with van der Waals surface area (Å²) in [6.07, 6.45) is 7.03. The van der Waals surface area contributed by atoms with Crippen LogP contribution in [0.5, 0.6) is 0 Å². The second-order valence-electron chi connectivity index (χ2n) is 3.71. The Morgan fingerprint density at radius 2 is 2.20 bits per heavy atom. The van der Waals surface area contributed by atoms with Gasteiger partial charge in [-0.1, -0.05) is 6.07 Å². The van der Waals surface area contributed by atoms with Crippen LogP contribution in [0.25, 0.3) is 0 Å². The van der Waals surface area contributed by atoms with Gasteiger partial charge >= 0.3 is 0 Å². The van der Waals surface area contributed by atoms with Crippen molar-refractivity contribution in [3.8, 4) is 12.3 Å². The van der Waals surface area contributed by atoms with E-state index in [9.17, 15) is 0 Å². The first-order valence-corrected chi connectivity index (χ1v) is 5.24. The number of aryl methyl sites for hydroxylation is 2. The topological polar surface area (TPSA) is 24.9 Å². The maximum absolute atomic E-state index is 5.28. The van der Waals surface area contributed by atoms with E-state index in [-0.39, 0.29) is 0 Å². The highest BCUT2D eigenvalue weighted by atomic mass is 14.9. The predicted molar refractivity (Wildman–Crippen MR) is 63.6 cm³/mol. The highest BCUT2D eigenvalue weighted by Crippen LogP contribution is 2.20. The Morgan fingerprint density at radius 1 is 1.47 bits per heavy atom. The predicted octanol–water partition coefficient (Wildman–Crippen LogP) is 2.37. The molecule has 0 aliphatic rings. The van der Waals surface area contributed by atoms with Crippen LogP contribution in [0.2, 0.25) is 0 Å². The molecule has 1 unspecified atom stereocenters. The van der Waals surface area contributed by atoms with Gasteiger partial charge in [-0.15, -0.1) is 12.3 Å². The number of terminal acetylenes is 1. The van der Waals surface area contributed by atoms with E-state index in [1.807, 2.05) is 27.0 Å². The molecule has 1 rings (SSSR count). The molecule has 15 heavy (non-hydrogen) atoms. The monoisotopic (exact) mass is 202 g/mol. The number of hydrogen-bond acceptors (Lipinski definition) is 2. The highest BCUT2D eigenvalue weighted by Gasteiger charge is 2.11. The summed E-state index contributed by atoms with van der Waals surface area (Å²) in [5, 5.41) is 3.28. The number of nitrogens with zero attached hydrogens (tertiary/aromatic N) is 1. The molecule has 1 aromatic heterocycles. The van der Waals surface area contributed by atoms with Gasteiger partial charge in [-0.2, -0.15) is 0 Å². The maximum atomic E-state index is 5.28. The molecule has 2 nitrogen and oxygen atoms in total. The first-order valence-electron chi connectivity index (χ1n) is 5.24. The SMILES string of the molecule is C#CCCC(NC)c1ccc(C)nc1C. The molecule has 0 radical (unpaired) electrons. The Morgan fingerprint density at radius 3 is 2.73 bits per heavy atom. The molecule has 0 aliphatic heterocycles. The van der Waals surface area contributed by atoms with Gasteiger partial charge in [0.2, 0.25) is 0 Å². The van der Waals surface area contributed by atoms with Crippen LogP contribution in [0.15, 0.2) is 12.1 Å². The van der Waals surface area contributed by atoms with E-state index in [1.54, 1.807) is 0 Å². The van der Waals surface area contributed by atoms with Crippen molar-refractivity contribution in [2.45, 2.75) is 32.7 Å². The van der Waals surface area contributed by atoms with E-state index >= 15 is 0 Å². The summed E-state index contributed by atoms with van der Waals surface area (Å²) in [5.41, 5.74) is 3.40. The van der Waals surface area contributed by atoms with Crippen molar-refractivity contribution in [1.29, 1.82) is 0 Å². The summed E-state index contributed by atoms with van der Waals surface area (Å²) in [4.78, 5) is 4.46. The van der Waals surface area contributed by atoms with Gasteiger partial charge in [0.1, 0.15) is 0 Å². The van der Waals surface area contributed by atoms with Crippen LogP contribution in [0, 0.1) is 26.2 Å². The largest absolute Gasteiger partial charge is 0.313 e. The summed E-state index contributed by atoms with van der Waals surface area (Å²) in [7, 11) is 1.96. The van der Waals surface area contributed by atoms with Gasteiger partial charge in [-0.05, 0) is 38.9 Å². The van der Waals surface area contributed by atoms with Crippen LogP contribution in [0.4, 0.5) is 0 Å². The Kier molecular flexibility index (Phi) is 4.33. The lowest BCUT2D eigenvalue weighted by molar-refractivity contribution is 0.553. The number of hydrogen-bond donors (Lipinski definition) is 1. The van der Waals surface area contributed by atoms with Gasteiger partial charge in [-0.3, -0.25) is 4.98 Å². The van der Waals surface area contributed by atoms with Crippen molar-refractivity contribution in [3.05, 3.63) is 29.1 Å². The second-order valence-corrected chi connectivity index (χ2v) is 3.71. The quantitative estimate of drug-likeness (QED) is 0.758. The van der Waals surface area contributed by atoms with Crippen molar-refractivity contribution in [2.75, 3.05) is 7.05 Å². The molecule has 1 atom stereocenters. The van der Waals surface area contributed by atoms with Crippen LogP contribution in [-0.2, 0) is 0 Å². The van der Waals surface area contributed by atoms with E-state index in [0.29, 0.717) is 6.04 Å². The molecule has 2 heteroatoms.